The van der Waals surface area contributed by atoms with Gasteiger partial charge in [0.15, 0.2) is 5.78 Å². The van der Waals surface area contributed by atoms with E-state index in [0.717, 1.165) is 12.1 Å². The number of carbonyl (C=O) groups excluding carboxylic acids is 1. The van der Waals surface area contributed by atoms with Gasteiger partial charge in [0, 0.05) is 44.4 Å². The second kappa shape index (κ2) is 4.18. The summed E-state index contributed by atoms with van der Waals surface area (Å²) in [6, 6.07) is 0. The minimum absolute atomic E-state index is 0.181. The number of rotatable bonds is 2. The highest BCUT2D eigenvalue weighted by molar-refractivity contribution is 7.88. The van der Waals surface area contributed by atoms with E-state index in [1.54, 1.807) is 6.08 Å². The van der Waals surface area contributed by atoms with Crippen LogP contribution in [0.3, 0.4) is 0 Å². The lowest BCUT2D eigenvalue weighted by molar-refractivity contribution is -0.114. The summed E-state index contributed by atoms with van der Waals surface area (Å²) in [6.45, 7) is 2.41. The Bertz CT molecular complexity index is 419. The van der Waals surface area contributed by atoms with Gasteiger partial charge >= 0.3 is 0 Å². The summed E-state index contributed by atoms with van der Waals surface area (Å²) in [5.74, 6) is 0.181. The molecule has 2 aliphatic rings. The Hall–Kier alpha value is -0.880. The number of nitrogens with zero attached hydrogens (tertiary/aromatic N) is 2. The molecule has 0 atom stereocenters. The SMILES string of the molecule is CS(=O)(=O)N1CCN(C2=CC(=O)CC2)CC1. The first-order chi connectivity index (χ1) is 7.47. The molecule has 0 aromatic heterocycles. The number of ketones is 1. The van der Waals surface area contributed by atoms with Gasteiger partial charge in [-0.2, -0.15) is 4.31 Å². The molecule has 0 unspecified atom stereocenters. The van der Waals surface area contributed by atoms with E-state index in [0.29, 0.717) is 32.6 Å². The number of carbonyl (C=O) groups is 1. The largest absolute Gasteiger partial charge is 0.372 e. The van der Waals surface area contributed by atoms with E-state index in [9.17, 15) is 13.2 Å². The van der Waals surface area contributed by atoms with Crippen molar-refractivity contribution in [3.8, 4) is 0 Å². The molecule has 0 aromatic carbocycles. The first-order valence-corrected chi connectivity index (χ1v) is 7.25. The second-order valence-electron chi connectivity index (χ2n) is 4.25. The van der Waals surface area contributed by atoms with Crippen molar-refractivity contribution in [2.24, 2.45) is 0 Å². The van der Waals surface area contributed by atoms with Crippen LogP contribution in [0.1, 0.15) is 12.8 Å². The van der Waals surface area contributed by atoms with E-state index in [1.165, 1.54) is 10.6 Å². The van der Waals surface area contributed by atoms with Gasteiger partial charge in [0.1, 0.15) is 0 Å². The van der Waals surface area contributed by atoms with Gasteiger partial charge in [-0.05, 0) is 6.42 Å². The zero-order chi connectivity index (χ0) is 11.8. The van der Waals surface area contributed by atoms with Crippen molar-refractivity contribution in [1.82, 2.24) is 9.21 Å². The Morgan fingerprint density at radius 2 is 1.75 bits per heavy atom. The summed E-state index contributed by atoms with van der Waals surface area (Å²) in [6.07, 6.45) is 4.33. The number of sulfonamides is 1. The summed E-state index contributed by atoms with van der Waals surface area (Å²) >= 11 is 0. The standard InChI is InChI=1S/C10H16N2O3S/c1-16(14,15)12-6-4-11(5-7-12)9-2-3-10(13)8-9/h8H,2-7H2,1H3. The summed E-state index contributed by atoms with van der Waals surface area (Å²) in [5, 5.41) is 0. The zero-order valence-electron chi connectivity index (χ0n) is 9.35. The smallest absolute Gasteiger partial charge is 0.211 e. The first kappa shape index (κ1) is 11.6. The van der Waals surface area contributed by atoms with Crippen LogP contribution in [-0.2, 0) is 14.8 Å². The molecule has 90 valence electrons. The number of piperazine rings is 1. The van der Waals surface area contributed by atoms with Crippen molar-refractivity contribution >= 4 is 15.8 Å². The fourth-order valence-corrected chi connectivity index (χ4v) is 2.96. The van der Waals surface area contributed by atoms with Crippen LogP contribution in [0.25, 0.3) is 0 Å². The topological polar surface area (TPSA) is 57.7 Å². The van der Waals surface area contributed by atoms with Crippen LogP contribution >= 0.6 is 0 Å². The minimum Gasteiger partial charge on any atom is -0.372 e. The van der Waals surface area contributed by atoms with E-state index in [2.05, 4.69) is 4.90 Å². The van der Waals surface area contributed by atoms with Crippen LogP contribution in [0.5, 0.6) is 0 Å². The molecule has 1 saturated heterocycles. The molecule has 1 fully saturated rings. The van der Waals surface area contributed by atoms with E-state index >= 15 is 0 Å². The predicted octanol–water partition coefficient (Wildman–Crippen LogP) is -0.190. The Morgan fingerprint density at radius 3 is 2.19 bits per heavy atom. The molecule has 5 nitrogen and oxygen atoms in total. The molecule has 0 spiro atoms. The highest BCUT2D eigenvalue weighted by Crippen LogP contribution is 2.21. The van der Waals surface area contributed by atoms with Gasteiger partial charge in [-0.1, -0.05) is 0 Å². The van der Waals surface area contributed by atoms with Gasteiger partial charge in [-0.15, -0.1) is 0 Å². The van der Waals surface area contributed by atoms with E-state index in [-0.39, 0.29) is 5.78 Å². The molecule has 0 N–H and O–H groups in total. The van der Waals surface area contributed by atoms with Crippen LogP contribution in [0.15, 0.2) is 11.8 Å². The van der Waals surface area contributed by atoms with Gasteiger partial charge in [-0.25, -0.2) is 8.42 Å². The Kier molecular flexibility index (Phi) is 3.03. The van der Waals surface area contributed by atoms with Gasteiger partial charge in [0.25, 0.3) is 0 Å². The summed E-state index contributed by atoms with van der Waals surface area (Å²) in [7, 11) is -3.06. The van der Waals surface area contributed by atoms with E-state index in [4.69, 9.17) is 0 Å². The third-order valence-corrected chi connectivity index (χ3v) is 4.37. The maximum Gasteiger partial charge on any atom is 0.211 e. The lowest BCUT2D eigenvalue weighted by Gasteiger charge is -2.35. The fourth-order valence-electron chi connectivity index (χ4n) is 2.14. The van der Waals surface area contributed by atoms with Crippen molar-refractivity contribution in [2.45, 2.75) is 12.8 Å². The Balaban J connectivity index is 1.96. The Labute approximate surface area is 95.8 Å². The molecule has 6 heteroatoms. The van der Waals surface area contributed by atoms with E-state index in [1.807, 2.05) is 0 Å². The van der Waals surface area contributed by atoms with Gasteiger partial charge < -0.3 is 4.90 Å². The quantitative estimate of drug-likeness (QED) is 0.675. The average molecular weight is 244 g/mol. The molecular formula is C10H16N2O3S. The molecule has 1 aliphatic heterocycles. The normalized spacial score (nSPS) is 23.7. The highest BCUT2D eigenvalue weighted by Gasteiger charge is 2.26. The molecule has 0 bridgehead atoms. The summed E-state index contributed by atoms with van der Waals surface area (Å²) in [4.78, 5) is 13.2. The number of hydrogen-bond donors (Lipinski definition) is 0. The lowest BCUT2D eigenvalue weighted by atomic mass is 10.3. The summed E-state index contributed by atoms with van der Waals surface area (Å²) in [5.41, 5.74) is 1.07. The maximum atomic E-state index is 11.3. The lowest BCUT2D eigenvalue weighted by Crippen LogP contribution is -2.47. The fraction of sp³-hybridized carbons (Fsp3) is 0.700. The third-order valence-electron chi connectivity index (χ3n) is 3.07. The molecule has 0 aromatic rings. The molecule has 0 amide bonds. The molecule has 0 saturated carbocycles. The summed E-state index contributed by atoms with van der Waals surface area (Å²) < 4.78 is 24.1. The van der Waals surface area contributed by atoms with Crippen molar-refractivity contribution in [3.63, 3.8) is 0 Å². The number of hydrogen-bond acceptors (Lipinski definition) is 4. The second-order valence-corrected chi connectivity index (χ2v) is 6.23. The van der Waals surface area contributed by atoms with Crippen molar-refractivity contribution in [2.75, 3.05) is 32.4 Å². The van der Waals surface area contributed by atoms with Gasteiger partial charge in [-0.3, -0.25) is 4.79 Å². The monoisotopic (exact) mass is 244 g/mol. The van der Waals surface area contributed by atoms with Crippen LogP contribution in [0.2, 0.25) is 0 Å². The molecule has 1 heterocycles. The van der Waals surface area contributed by atoms with Crippen molar-refractivity contribution in [1.29, 1.82) is 0 Å². The highest BCUT2D eigenvalue weighted by atomic mass is 32.2. The van der Waals surface area contributed by atoms with Gasteiger partial charge in [0.05, 0.1) is 6.26 Å². The van der Waals surface area contributed by atoms with Crippen LogP contribution < -0.4 is 0 Å². The molecule has 16 heavy (non-hydrogen) atoms. The molecular weight excluding hydrogens is 228 g/mol. The molecule has 1 aliphatic carbocycles. The van der Waals surface area contributed by atoms with Crippen molar-refractivity contribution < 1.29 is 13.2 Å². The minimum atomic E-state index is -3.06. The zero-order valence-corrected chi connectivity index (χ0v) is 10.2. The van der Waals surface area contributed by atoms with E-state index < -0.39 is 10.0 Å². The average Bonchev–Trinajstić information content (AvgIpc) is 2.64. The number of allylic oxidation sites excluding steroid dienone is 2. The van der Waals surface area contributed by atoms with Crippen LogP contribution in [0, 0.1) is 0 Å². The predicted molar refractivity (Wildman–Crippen MR) is 60.3 cm³/mol. The third kappa shape index (κ3) is 2.44. The molecule has 0 radical (unpaired) electrons. The Morgan fingerprint density at radius 1 is 1.12 bits per heavy atom. The van der Waals surface area contributed by atoms with Gasteiger partial charge in [0.2, 0.25) is 10.0 Å². The molecule has 2 rings (SSSR count). The maximum absolute atomic E-state index is 11.3. The van der Waals surface area contributed by atoms with Crippen LogP contribution in [-0.4, -0.2) is 55.8 Å². The van der Waals surface area contributed by atoms with Crippen LogP contribution in [0.4, 0.5) is 0 Å². The first-order valence-electron chi connectivity index (χ1n) is 5.40. The van der Waals surface area contributed by atoms with Crippen molar-refractivity contribution in [3.05, 3.63) is 11.8 Å².